The van der Waals surface area contributed by atoms with Crippen molar-refractivity contribution in [1.29, 1.82) is 0 Å². The van der Waals surface area contributed by atoms with Crippen LogP contribution in [0, 0.1) is 0 Å². The Kier molecular flexibility index (Phi) is 7.86. The van der Waals surface area contributed by atoms with E-state index in [1.165, 1.54) is 26.4 Å². The normalized spacial score (nSPS) is 17.3. The second-order valence-corrected chi connectivity index (χ2v) is 9.90. The van der Waals surface area contributed by atoms with Gasteiger partial charge in [0.05, 0.1) is 19.8 Å². The van der Waals surface area contributed by atoms with Crippen molar-refractivity contribution < 1.29 is 34.0 Å². The largest absolute Gasteiger partial charge is 0.508 e. The Morgan fingerprint density at radius 2 is 1.78 bits per heavy atom. The van der Waals surface area contributed by atoms with E-state index in [0.717, 1.165) is 5.57 Å². The number of phenols is 2. The van der Waals surface area contributed by atoms with Crippen molar-refractivity contribution in [2.45, 2.75) is 51.6 Å². The molecule has 0 radical (unpaired) electrons. The first-order valence-electron chi connectivity index (χ1n) is 11.9. The highest BCUT2D eigenvalue weighted by Gasteiger charge is 2.56. The van der Waals surface area contributed by atoms with E-state index < -0.39 is 23.0 Å². The third-order valence-corrected chi connectivity index (χ3v) is 6.59. The van der Waals surface area contributed by atoms with E-state index in [0.29, 0.717) is 28.7 Å². The fourth-order valence-corrected chi connectivity index (χ4v) is 4.44. The zero-order valence-electron chi connectivity index (χ0n) is 22.2. The van der Waals surface area contributed by atoms with Crippen LogP contribution in [0.2, 0.25) is 0 Å². The van der Waals surface area contributed by atoms with Crippen molar-refractivity contribution >= 4 is 17.5 Å². The number of benzene rings is 2. The maximum atomic E-state index is 13.4. The average Bonchev–Trinajstić information content (AvgIpc) is 3.15. The quantitative estimate of drug-likeness (QED) is 0.359. The molecule has 0 amide bonds. The van der Waals surface area contributed by atoms with E-state index in [1.54, 1.807) is 30.3 Å². The summed E-state index contributed by atoms with van der Waals surface area (Å²) >= 11 is 0. The maximum Gasteiger partial charge on any atom is 0.375 e. The molecule has 0 spiro atoms. The van der Waals surface area contributed by atoms with Gasteiger partial charge in [-0.25, -0.2) is 9.59 Å². The first kappa shape index (κ1) is 27.6. The molecule has 7 nitrogen and oxygen atoms in total. The number of phenolic OH excluding ortho intramolecular Hbond substituents is 2. The van der Waals surface area contributed by atoms with Crippen molar-refractivity contribution in [3.05, 3.63) is 88.7 Å². The van der Waals surface area contributed by atoms with E-state index >= 15 is 0 Å². The summed E-state index contributed by atoms with van der Waals surface area (Å²) in [6, 6.07) is 9.64. The highest BCUT2D eigenvalue weighted by Crippen LogP contribution is 2.45. The van der Waals surface area contributed by atoms with Gasteiger partial charge < -0.3 is 24.4 Å². The lowest BCUT2D eigenvalue weighted by Gasteiger charge is -2.30. The Balaban J connectivity index is 2.28. The highest BCUT2D eigenvalue weighted by molar-refractivity contribution is 6.11. The SMILES string of the molecule is C=CC(C)(C)c1cc(C[C@]2(C(=O)OC)OC(=O)C(OC)=C2c2ccc(O)cc2)cc(CC=C(C)C)c1O. The molecular formula is C30H34O7. The zero-order chi connectivity index (χ0) is 27.5. The second-order valence-electron chi connectivity index (χ2n) is 9.90. The van der Waals surface area contributed by atoms with Crippen LogP contribution in [0.3, 0.4) is 0 Å². The van der Waals surface area contributed by atoms with Crippen molar-refractivity contribution in [3.8, 4) is 11.5 Å². The maximum absolute atomic E-state index is 13.4. The number of rotatable bonds is 9. The Morgan fingerprint density at radius 1 is 1.14 bits per heavy atom. The minimum Gasteiger partial charge on any atom is -0.508 e. The number of carbonyl (C=O) groups excluding carboxylic acids is 2. The molecule has 1 heterocycles. The van der Waals surface area contributed by atoms with Crippen LogP contribution in [0.25, 0.3) is 5.57 Å². The smallest absolute Gasteiger partial charge is 0.375 e. The topological polar surface area (TPSA) is 102 Å². The first-order chi connectivity index (χ1) is 17.4. The number of ether oxygens (including phenoxy) is 3. The van der Waals surface area contributed by atoms with Gasteiger partial charge in [-0.2, -0.15) is 0 Å². The summed E-state index contributed by atoms with van der Waals surface area (Å²) < 4.78 is 16.3. The van der Waals surface area contributed by atoms with Crippen LogP contribution in [0.15, 0.2) is 66.5 Å². The van der Waals surface area contributed by atoms with E-state index in [9.17, 15) is 19.8 Å². The molecule has 0 saturated carbocycles. The number of allylic oxidation sites excluding steroid dienone is 3. The minimum absolute atomic E-state index is 0.0240. The van der Waals surface area contributed by atoms with Crippen LogP contribution in [0.1, 0.15) is 49.9 Å². The molecule has 196 valence electrons. The number of hydrogen-bond donors (Lipinski definition) is 2. The van der Waals surface area contributed by atoms with Crippen molar-refractivity contribution in [2.75, 3.05) is 14.2 Å². The number of hydrogen-bond acceptors (Lipinski definition) is 7. The molecule has 2 aromatic carbocycles. The number of carbonyl (C=O) groups is 2. The Labute approximate surface area is 217 Å². The summed E-state index contributed by atoms with van der Waals surface area (Å²) in [6.45, 7) is 11.7. The fourth-order valence-electron chi connectivity index (χ4n) is 4.44. The summed E-state index contributed by atoms with van der Waals surface area (Å²) in [7, 11) is 2.55. The Morgan fingerprint density at radius 3 is 2.32 bits per heavy atom. The van der Waals surface area contributed by atoms with Crippen molar-refractivity contribution in [3.63, 3.8) is 0 Å². The predicted molar refractivity (Wildman–Crippen MR) is 141 cm³/mol. The van der Waals surface area contributed by atoms with Crippen LogP contribution in [-0.4, -0.2) is 42.0 Å². The lowest BCUT2D eigenvalue weighted by Crippen LogP contribution is -2.44. The minimum atomic E-state index is -1.85. The number of aromatic hydroxyl groups is 2. The fraction of sp³-hybridized carbons (Fsp3) is 0.333. The first-order valence-corrected chi connectivity index (χ1v) is 11.9. The van der Waals surface area contributed by atoms with E-state index in [1.807, 2.05) is 33.8 Å². The zero-order valence-corrected chi connectivity index (χ0v) is 22.2. The summed E-state index contributed by atoms with van der Waals surface area (Å²) in [6.07, 6.45) is 4.14. The molecular weight excluding hydrogens is 472 g/mol. The van der Waals surface area contributed by atoms with Crippen LogP contribution in [0.4, 0.5) is 0 Å². The molecule has 0 unspecified atom stereocenters. The molecule has 0 aromatic heterocycles. The van der Waals surface area contributed by atoms with Gasteiger partial charge >= 0.3 is 11.9 Å². The number of methoxy groups -OCH3 is 2. The van der Waals surface area contributed by atoms with Crippen LogP contribution < -0.4 is 0 Å². The van der Waals surface area contributed by atoms with E-state index in [-0.39, 0.29) is 29.3 Å². The number of esters is 2. The van der Waals surface area contributed by atoms with Gasteiger partial charge in [0, 0.05) is 17.4 Å². The van der Waals surface area contributed by atoms with Crippen molar-refractivity contribution in [1.82, 2.24) is 0 Å². The van der Waals surface area contributed by atoms with Gasteiger partial charge in [-0.3, -0.25) is 0 Å². The monoisotopic (exact) mass is 506 g/mol. The summed E-state index contributed by atoms with van der Waals surface area (Å²) in [5, 5.41) is 20.9. The van der Waals surface area contributed by atoms with Gasteiger partial charge in [0.1, 0.15) is 11.5 Å². The predicted octanol–water partition coefficient (Wildman–Crippen LogP) is 5.14. The van der Waals surface area contributed by atoms with Crippen LogP contribution in [0.5, 0.6) is 11.5 Å². The molecule has 0 fully saturated rings. The van der Waals surface area contributed by atoms with Crippen LogP contribution in [-0.2, 0) is 42.1 Å². The lowest BCUT2D eigenvalue weighted by molar-refractivity contribution is -0.169. The van der Waals surface area contributed by atoms with Gasteiger partial charge in [0.2, 0.25) is 11.4 Å². The van der Waals surface area contributed by atoms with E-state index in [2.05, 4.69) is 6.58 Å². The second kappa shape index (κ2) is 10.5. The Bertz CT molecular complexity index is 1280. The standard InChI is InChI=1S/C30H34O7/c1-8-29(4,5)23-16-19(15-21(25(23)32)10-9-18(2)3)17-30(28(34)36-7)24(26(35-6)27(33)37-30)20-11-13-22(31)14-12-20/h8-9,11-16,31-32H,1,10,17H2,2-7H3/t30-/m0/s1. The molecule has 3 rings (SSSR count). The van der Waals surface area contributed by atoms with Crippen molar-refractivity contribution in [2.24, 2.45) is 0 Å². The van der Waals surface area contributed by atoms with Crippen LogP contribution >= 0.6 is 0 Å². The van der Waals surface area contributed by atoms with Gasteiger partial charge in [0.25, 0.3) is 0 Å². The molecule has 37 heavy (non-hydrogen) atoms. The summed E-state index contributed by atoms with van der Waals surface area (Å²) in [5.74, 6) is -1.53. The van der Waals surface area contributed by atoms with Gasteiger partial charge in [-0.15, -0.1) is 6.58 Å². The van der Waals surface area contributed by atoms with E-state index in [4.69, 9.17) is 14.2 Å². The Hall–Kier alpha value is -4.00. The molecule has 2 N–H and O–H groups in total. The summed E-state index contributed by atoms with van der Waals surface area (Å²) in [4.78, 5) is 26.3. The molecule has 0 aliphatic carbocycles. The van der Waals surface area contributed by atoms with Gasteiger partial charge in [0.15, 0.2) is 0 Å². The molecule has 0 saturated heterocycles. The highest BCUT2D eigenvalue weighted by atomic mass is 16.6. The molecule has 1 aliphatic rings. The van der Waals surface area contributed by atoms with Gasteiger partial charge in [-0.05, 0) is 49.1 Å². The van der Waals surface area contributed by atoms with Gasteiger partial charge in [-0.1, -0.05) is 55.8 Å². The number of cyclic esters (lactones) is 1. The molecule has 1 atom stereocenters. The summed E-state index contributed by atoms with van der Waals surface area (Å²) in [5.41, 5.74) is 1.25. The third-order valence-electron chi connectivity index (χ3n) is 6.59. The molecule has 2 aromatic rings. The average molecular weight is 507 g/mol. The molecule has 7 heteroatoms. The molecule has 1 aliphatic heterocycles. The lowest BCUT2D eigenvalue weighted by atomic mass is 9.78. The molecule has 0 bridgehead atoms. The third kappa shape index (κ3) is 5.26.